The molecular formula is C20H18BrClN4O2. The van der Waals surface area contributed by atoms with Gasteiger partial charge in [-0.3, -0.25) is 0 Å². The minimum atomic E-state index is -0.238. The smallest absolute Gasteiger partial charge is 0.322 e. The number of hydrogen-bond acceptors (Lipinski definition) is 4. The monoisotopic (exact) mass is 460 g/mol. The lowest BCUT2D eigenvalue weighted by molar-refractivity contribution is 0.193. The SMILES string of the molecule is Cc1ccc(NC(=O)N2CCCC2c2nc(-c3ccc(Br)cc3)no2)cc1Cl. The summed E-state index contributed by atoms with van der Waals surface area (Å²) in [4.78, 5) is 19.0. The number of carbonyl (C=O) groups excluding carboxylic acids is 1. The van der Waals surface area contributed by atoms with Crippen molar-refractivity contribution in [3.05, 3.63) is 63.4 Å². The molecule has 2 heterocycles. The summed E-state index contributed by atoms with van der Waals surface area (Å²) >= 11 is 9.56. The number of halogens is 2. The third kappa shape index (κ3) is 3.91. The largest absolute Gasteiger partial charge is 0.337 e. The number of nitrogens with one attached hydrogen (secondary N) is 1. The van der Waals surface area contributed by atoms with Gasteiger partial charge < -0.3 is 14.7 Å². The van der Waals surface area contributed by atoms with Crippen LogP contribution in [0.15, 0.2) is 51.5 Å². The fraction of sp³-hybridized carbons (Fsp3) is 0.250. The zero-order valence-electron chi connectivity index (χ0n) is 15.2. The first-order chi connectivity index (χ1) is 13.5. The van der Waals surface area contributed by atoms with E-state index in [2.05, 4.69) is 31.4 Å². The molecular weight excluding hydrogens is 444 g/mol. The summed E-state index contributed by atoms with van der Waals surface area (Å²) in [5.41, 5.74) is 2.49. The Morgan fingerprint density at radius 2 is 2.07 bits per heavy atom. The molecule has 2 aromatic carbocycles. The van der Waals surface area contributed by atoms with E-state index in [-0.39, 0.29) is 12.1 Å². The van der Waals surface area contributed by atoms with Crippen molar-refractivity contribution in [1.82, 2.24) is 15.0 Å². The Labute approximate surface area is 176 Å². The molecule has 0 bridgehead atoms. The van der Waals surface area contributed by atoms with Crippen molar-refractivity contribution in [2.45, 2.75) is 25.8 Å². The van der Waals surface area contributed by atoms with Crippen LogP contribution in [0, 0.1) is 6.92 Å². The van der Waals surface area contributed by atoms with Crippen LogP contribution < -0.4 is 5.32 Å². The molecule has 1 atom stereocenters. The van der Waals surface area contributed by atoms with E-state index in [0.717, 1.165) is 28.4 Å². The van der Waals surface area contributed by atoms with Crippen LogP contribution in [0.5, 0.6) is 0 Å². The fourth-order valence-corrected chi connectivity index (χ4v) is 3.66. The lowest BCUT2D eigenvalue weighted by Gasteiger charge is -2.22. The van der Waals surface area contributed by atoms with Crippen LogP contribution in [0.25, 0.3) is 11.4 Å². The van der Waals surface area contributed by atoms with Crippen LogP contribution in [0.1, 0.15) is 30.3 Å². The van der Waals surface area contributed by atoms with Gasteiger partial charge in [0.15, 0.2) is 0 Å². The number of hydrogen-bond donors (Lipinski definition) is 1. The molecule has 1 aliphatic rings. The van der Waals surface area contributed by atoms with Crippen LogP contribution in [-0.4, -0.2) is 27.6 Å². The number of rotatable bonds is 3. The maximum Gasteiger partial charge on any atom is 0.322 e. The van der Waals surface area contributed by atoms with Crippen molar-refractivity contribution in [2.24, 2.45) is 0 Å². The summed E-state index contributed by atoms with van der Waals surface area (Å²) in [6.45, 7) is 2.55. The molecule has 8 heteroatoms. The molecule has 6 nitrogen and oxygen atoms in total. The number of aryl methyl sites for hydroxylation is 1. The van der Waals surface area contributed by atoms with Crippen molar-refractivity contribution >= 4 is 39.2 Å². The molecule has 0 saturated carbocycles. The van der Waals surface area contributed by atoms with Gasteiger partial charge in [-0.2, -0.15) is 4.98 Å². The van der Waals surface area contributed by atoms with E-state index in [1.807, 2.05) is 43.3 Å². The van der Waals surface area contributed by atoms with Gasteiger partial charge in [0.1, 0.15) is 6.04 Å². The van der Waals surface area contributed by atoms with Crippen LogP contribution >= 0.6 is 27.5 Å². The Hall–Kier alpha value is -2.38. The summed E-state index contributed by atoms with van der Waals surface area (Å²) in [5, 5.41) is 7.60. The number of carbonyl (C=O) groups is 1. The Bertz CT molecular complexity index is 1010. The molecule has 2 amide bonds. The highest BCUT2D eigenvalue weighted by atomic mass is 79.9. The number of urea groups is 1. The molecule has 28 heavy (non-hydrogen) atoms. The highest BCUT2D eigenvalue weighted by molar-refractivity contribution is 9.10. The van der Waals surface area contributed by atoms with Crippen molar-refractivity contribution < 1.29 is 9.32 Å². The zero-order chi connectivity index (χ0) is 19.7. The van der Waals surface area contributed by atoms with E-state index in [1.165, 1.54) is 0 Å². The lowest BCUT2D eigenvalue weighted by atomic mass is 10.2. The van der Waals surface area contributed by atoms with E-state index in [9.17, 15) is 4.79 Å². The van der Waals surface area contributed by atoms with E-state index < -0.39 is 0 Å². The van der Waals surface area contributed by atoms with Gasteiger partial charge in [0, 0.05) is 27.3 Å². The Balaban J connectivity index is 1.51. The van der Waals surface area contributed by atoms with Gasteiger partial charge in [-0.05, 0) is 61.7 Å². The van der Waals surface area contributed by atoms with Gasteiger partial charge in [-0.15, -0.1) is 0 Å². The Morgan fingerprint density at radius 1 is 1.29 bits per heavy atom. The normalized spacial score (nSPS) is 16.4. The van der Waals surface area contributed by atoms with Gasteiger partial charge in [-0.25, -0.2) is 4.79 Å². The van der Waals surface area contributed by atoms with Crippen LogP contribution in [0.4, 0.5) is 10.5 Å². The third-order valence-corrected chi connectivity index (χ3v) is 5.70. The first-order valence-electron chi connectivity index (χ1n) is 8.94. The average Bonchev–Trinajstić information content (AvgIpc) is 3.34. The van der Waals surface area contributed by atoms with Crippen molar-refractivity contribution in [3.63, 3.8) is 0 Å². The Morgan fingerprint density at radius 3 is 2.82 bits per heavy atom. The van der Waals surface area contributed by atoms with Gasteiger partial charge in [0.2, 0.25) is 11.7 Å². The van der Waals surface area contributed by atoms with E-state index in [1.54, 1.807) is 11.0 Å². The van der Waals surface area contributed by atoms with E-state index in [4.69, 9.17) is 16.1 Å². The van der Waals surface area contributed by atoms with E-state index in [0.29, 0.717) is 29.0 Å². The molecule has 0 aliphatic carbocycles. The van der Waals surface area contributed by atoms with Crippen molar-refractivity contribution in [1.29, 1.82) is 0 Å². The fourth-order valence-electron chi connectivity index (χ4n) is 3.22. The molecule has 1 fully saturated rings. The zero-order valence-corrected chi connectivity index (χ0v) is 17.5. The number of benzene rings is 2. The highest BCUT2D eigenvalue weighted by Gasteiger charge is 2.34. The summed E-state index contributed by atoms with van der Waals surface area (Å²) in [5.74, 6) is 0.965. The summed E-state index contributed by atoms with van der Waals surface area (Å²) in [6.07, 6.45) is 1.66. The van der Waals surface area contributed by atoms with Gasteiger partial charge in [0.05, 0.1) is 0 Å². The highest BCUT2D eigenvalue weighted by Crippen LogP contribution is 2.33. The molecule has 1 aromatic heterocycles. The average molecular weight is 462 g/mol. The maximum atomic E-state index is 12.8. The molecule has 0 radical (unpaired) electrons. The summed E-state index contributed by atoms with van der Waals surface area (Å²) in [7, 11) is 0. The van der Waals surface area contributed by atoms with E-state index >= 15 is 0 Å². The molecule has 1 aliphatic heterocycles. The number of anilines is 1. The Kier molecular flexibility index (Phi) is 5.37. The van der Waals surface area contributed by atoms with Crippen molar-refractivity contribution in [2.75, 3.05) is 11.9 Å². The molecule has 1 N–H and O–H groups in total. The van der Waals surface area contributed by atoms with Crippen LogP contribution in [0.2, 0.25) is 5.02 Å². The second-order valence-corrected chi connectivity index (χ2v) is 8.03. The van der Waals surface area contributed by atoms with Crippen LogP contribution in [-0.2, 0) is 0 Å². The predicted molar refractivity (Wildman–Crippen MR) is 111 cm³/mol. The molecule has 0 spiro atoms. The minimum absolute atomic E-state index is 0.203. The number of nitrogens with zero attached hydrogens (tertiary/aromatic N) is 3. The van der Waals surface area contributed by atoms with Gasteiger partial charge >= 0.3 is 6.03 Å². The standard InChI is InChI=1S/C20H18BrClN4O2/c1-12-4-9-15(11-16(12)22)23-20(27)26-10-2-3-17(26)19-24-18(25-28-19)13-5-7-14(21)8-6-13/h4-9,11,17H,2-3,10H2,1H3,(H,23,27). The number of amides is 2. The van der Waals surface area contributed by atoms with Crippen molar-refractivity contribution in [3.8, 4) is 11.4 Å². The molecule has 1 unspecified atom stereocenters. The first-order valence-corrected chi connectivity index (χ1v) is 10.1. The third-order valence-electron chi connectivity index (χ3n) is 4.77. The van der Waals surface area contributed by atoms with Crippen LogP contribution in [0.3, 0.4) is 0 Å². The topological polar surface area (TPSA) is 71.3 Å². The number of likely N-dealkylation sites (tertiary alicyclic amines) is 1. The minimum Gasteiger partial charge on any atom is -0.337 e. The number of aromatic nitrogens is 2. The molecule has 4 rings (SSSR count). The molecule has 1 saturated heterocycles. The van der Waals surface area contributed by atoms with Gasteiger partial charge in [0.25, 0.3) is 0 Å². The maximum absolute atomic E-state index is 12.8. The lowest BCUT2D eigenvalue weighted by Crippen LogP contribution is -2.34. The predicted octanol–water partition coefficient (Wildman–Crippen LogP) is 5.83. The molecule has 3 aromatic rings. The summed E-state index contributed by atoms with van der Waals surface area (Å²) in [6, 6.07) is 12.7. The molecule has 144 valence electrons. The second kappa shape index (κ2) is 7.93. The van der Waals surface area contributed by atoms with Gasteiger partial charge in [-0.1, -0.05) is 38.8 Å². The quantitative estimate of drug-likeness (QED) is 0.533. The summed E-state index contributed by atoms with van der Waals surface area (Å²) < 4.78 is 6.46. The first kappa shape index (κ1) is 19.0. The second-order valence-electron chi connectivity index (χ2n) is 6.71.